The maximum atomic E-state index is 12.0. The lowest BCUT2D eigenvalue weighted by Crippen LogP contribution is -2.55. The highest BCUT2D eigenvalue weighted by Gasteiger charge is 2.66. The summed E-state index contributed by atoms with van der Waals surface area (Å²) in [5, 5.41) is 0. The minimum atomic E-state index is -0.406. The molecule has 8 unspecified atom stereocenters. The van der Waals surface area contributed by atoms with Crippen LogP contribution in [-0.4, -0.2) is 23.9 Å². The topological polar surface area (TPSA) is 86.7 Å². The van der Waals surface area contributed by atoms with Gasteiger partial charge in [0.25, 0.3) is 0 Å². The molecule has 8 atom stereocenters. The first kappa shape index (κ1) is 12.8. The number of carbonyl (C=O) groups is 4. The Balaban J connectivity index is 1.53. The van der Waals surface area contributed by atoms with Crippen molar-refractivity contribution in [3.05, 3.63) is 0 Å². The lowest BCUT2D eigenvalue weighted by Gasteiger charge is -2.55. The molecule has 22 heavy (non-hydrogen) atoms. The Morgan fingerprint density at radius 2 is 1.00 bits per heavy atom. The van der Waals surface area contributed by atoms with Gasteiger partial charge in [0, 0.05) is 0 Å². The van der Waals surface area contributed by atoms with Crippen LogP contribution in [-0.2, 0) is 28.7 Å². The van der Waals surface area contributed by atoms with Gasteiger partial charge in [0.2, 0.25) is 0 Å². The maximum Gasteiger partial charge on any atom is 0.317 e. The van der Waals surface area contributed by atoms with E-state index in [0.29, 0.717) is 12.8 Å². The zero-order valence-electron chi connectivity index (χ0n) is 11.9. The molecule has 2 saturated heterocycles. The number of rotatable bonds is 0. The van der Waals surface area contributed by atoms with Gasteiger partial charge in [-0.05, 0) is 49.4 Å². The third kappa shape index (κ3) is 1.36. The molecular formula is C16H16O6. The Hall–Kier alpha value is -1.72. The summed E-state index contributed by atoms with van der Waals surface area (Å²) >= 11 is 0. The van der Waals surface area contributed by atoms with Crippen LogP contribution in [0.4, 0.5) is 0 Å². The first-order chi connectivity index (χ1) is 10.6. The standard InChI is InChI=1S/C16H16O6/c17-13-9-3-7-5-1-2-6(8(7)4-10(9)14(18)21-13)12-11(5)15(19)22-16(12)20/h5-12H,1-4H2. The van der Waals surface area contributed by atoms with Crippen molar-refractivity contribution < 1.29 is 28.7 Å². The molecule has 6 rings (SSSR count). The molecule has 116 valence electrons. The van der Waals surface area contributed by atoms with Crippen LogP contribution in [0.15, 0.2) is 0 Å². The summed E-state index contributed by atoms with van der Waals surface area (Å²) in [6.45, 7) is 0. The monoisotopic (exact) mass is 304 g/mol. The van der Waals surface area contributed by atoms with Crippen LogP contribution in [0.1, 0.15) is 25.7 Å². The van der Waals surface area contributed by atoms with Crippen molar-refractivity contribution in [3.63, 3.8) is 0 Å². The maximum absolute atomic E-state index is 12.0. The van der Waals surface area contributed by atoms with Gasteiger partial charge in [-0.1, -0.05) is 0 Å². The van der Waals surface area contributed by atoms with E-state index in [-0.39, 0.29) is 59.3 Å². The van der Waals surface area contributed by atoms with Crippen LogP contribution in [0.3, 0.4) is 0 Å². The fourth-order valence-electron chi connectivity index (χ4n) is 6.14. The molecule has 4 saturated carbocycles. The molecule has 6 fully saturated rings. The number of hydrogen-bond donors (Lipinski definition) is 0. The third-order valence-corrected chi connectivity index (χ3v) is 6.88. The van der Waals surface area contributed by atoms with Gasteiger partial charge < -0.3 is 9.47 Å². The quantitative estimate of drug-likeness (QED) is 0.483. The zero-order valence-corrected chi connectivity index (χ0v) is 11.9. The van der Waals surface area contributed by atoms with E-state index in [0.717, 1.165) is 12.8 Å². The van der Waals surface area contributed by atoms with E-state index in [1.54, 1.807) is 0 Å². The predicted octanol–water partition coefficient (Wildman–Crippen LogP) is 0.684. The van der Waals surface area contributed by atoms with Crippen molar-refractivity contribution in [2.45, 2.75) is 25.7 Å². The predicted molar refractivity (Wildman–Crippen MR) is 68.6 cm³/mol. The largest absolute Gasteiger partial charge is 0.393 e. The molecule has 0 radical (unpaired) electrons. The minimum absolute atomic E-state index is 0.114. The molecule has 6 aliphatic rings. The molecule has 0 aromatic carbocycles. The summed E-state index contributed by atoms with van der Waals surface area (Å²) < 4.78 is 9.70. The van der Waals surface area contributed by atoms with E-state index < -0.39 is 11.9 Å². The molecular weight excluding hydrogens is 288 g/mol. The highest BCUT2D eigenvalue weighted by Crippen LogP contribution is 2.63. The van der Waals surface area contributed by atoms with Gasteiger partial charge in [0.1, 0.15) is 0 Å². The third-order valence-electron chi connectivity index (χ3n) is 6.88. The normalized spacial score (nSPS) is 52.0. The van der Waals surface area contributed by atoms with Crippen LogP contribution in [0.5, 0.6) is 0 Å². The summed E-state index contributed by atoms with van der Waals surface area (Å²) in [4.78, 5) is 47.8. The molecule has 0 N–H and O–H groups in total. The SMILES string of the molecule is O=C1OC(=O)C2CC3C(CC12)C1CCC3C2C(=O)OC(=O)C12. The van der Waals surface area contributed by atoms with Crippen molar-refractivity contribution in [1.82, 2.24) is 0 Å². The average Bonchev–Trinajstić information content (AvgIpc) is 2.97. The zero-order chi connectivity index (χ0) is 15.2. The van der Waals surface area contributed by atoms with Crippen LogP contribution in [0.25, 0.3) is 0 Å². The Kier molecular flexibility index (Phi) is 2.31. The number of esters is 4. The Bertz CT molecular complexity index is 572. The van der Waals surface area contributed by atoms with E-state index in [9.17, 15) is 19.2 Å². The molecule has 0 aromatic rings. The van der Waals surface area contributed by atoms with Gasteiger partial charge in [-0.15, -0.1) is 0 Å². The number of carbonyl (C=O) groups excluding carboxylic acids is 4. The van der Waals surface area contributed by atoms with Gasteiger partial charge in [-0.25, -0.2) is 0 Å². The van der Waals surface area contributed by atoms with Gasteiger partial charge >= 0.3 is 23.9 Å². The number of ether oxygens (including phenoxy) is 2. The van der Waals surface area contributed by atoms with E-state index in [1.165, 1.54) is 0 Å². The molecule has 6 nitrogen and oxygen atoms in total. The van der Waals surface area contributed by atoms with E-state index in [4.69, 9.17) is 9.47 Å². The van der Waals surface area contributed by atoms with E-state index >= 15 is 0 Å². The first-order valence-corrected chi connectivity index (χ1v) is 8.07. The number of cyclic esters (lactones) is 4. The second-order valence-corrected chi connectivity index (χ2v) is 7.45. The molecule has 4 aliphatic carbocycles. The van der Waals surface area contributed by atoms with Crippen molar-refractivity contribution in [2.24, 2.45) is 47.3 Å². The molecule has 6 heteroatoms. The lowest BCUT2D eigenvalue weighted by molar-refractivity contribution is -0.155. The van der Waals surface area contributed by atoms with Crippen molar-refractivity contribution >= 4 is 23.9 Å². The van der Waals surface area contributed by atoms with E-state index in [2.05, 4.69) is 0 Å². The summed E-state index contributed by atoms with van der Waals surface area (Å²) in [7, 11) is 0. The minimum Gasteiger partial charge on any atom is -0.393 e. The Morgan fingerprint density at radius 1 is 0.591 bits per heavy atom. The van der Waals surface area contributed by atoms with Gasteiger partial charge in [-0.3, -0.25) is 19.2 Å². The lowest BCUT2D eigenvalue weighted by atomic mass is 9.46. The number of fused-ring (bicyclic) bond motifs is 2. The van der Waals surface area contributed by atoms with Crippen LogP contribution < -0.4 is 0 Å². The van der Waals surface area contributed by atoms with Crippen LogP contribution >= 0.6 is 0 Å². The van der Waals surface area contributed by atoms with Gasteiger partial charge in [0.15, 0.2) is 0 Å². The summed E-state index contributed by atoms with van der Waals surface area (Å²) in [5.74, 6) is -2.21. The smallest absolute Gasteiger partial charge is 0.317 e. The van der Waals surface area contributed by atoms with E-state index in [1.807, 2.05) is 0 Å². The Labute approximate surface area is 126 Å². The van der Waals surface area contributed by atoms with Gasteiger partial charge in [-0.2, -0.15) is 0 Å². The van der Waals surface area contributed by atoms with Crippen molar-refractivity contribution in [1.29, 1.82) is 0 Å². The molecule has 0 spiro atoms. The Morgan fingerprint density at radius 3 is 1.45 bits per heavy atom. The van der Waals surface area contributed by atoms with Crippen molar-refractivity contribution in [2.75, 3.05) is 0 Å². The number of hydrogen-bond acceptors (Lipinski definition) is 6. The summed E-state index contributed by atoms with van der Waals surface area (Å²) in [6, 6.07) is 0. The highest BCUT2D eigenvalue weighted by atomic mass is 16.6. The molecule has 0 amide bonds. The molecule has 0 aromatic heterocycles. The average molecular weight is 304 g/mol. The fraction of sp³-hybridized carbons (Fsp3) is 0.750. The second-order valence-electron chi connectivity index (χ2n) is 7.45. The van der Waals surface area contributed by atoms with Crippen LogP contribution in [0.2, 0.25) is 0 Å². The molecule has 2 heterocycles. The van der Waals surface area contributed by atoms with Crippen molar-refractivity contribution in [3.8, 4) is 0 Å². The van der Waals surface area contributed by atoms with Crippen LogP contribution in [0, 0.1) is 47.3 Å². The molecule has 2 bridgehead atoms. The first-order valence-electron chi connectivity index (χ1n) is 8.07. The highest BCUT2D eigenvalue weighted by molar-refractivity contribution is 5.98. The summed E-state index contributed by atoms with van der Waals surface area (Å²) in [5.41, 5.74) is 0. The summed E-state index contributed by atoms with van der Waals surface area (Å²) in [6.07, 6.45) is 3.06. The second kappa shape index (κ2) is 3.97. The van der Waals surface area contributed by atoms with Gasteiger partial charge in [0.05, 0.1) is 23.7 Å². The fourth-order valence-corrected chi connectivity index (χ4v) is 6.14. The molecule has 2 aliphatic heterocycles.